The van der Waals surface area contributed by atoms with Crippen molar-refractivity contribution in [3.63, 3.8) is 0 Å². The molecule has 9 nitrogen and oxygen atoms in total. The Bertz CT molecular complexity index is 1110. The first-order chi connectivity index (χ1) is 14.4. The normalized spacial score (nSPS) is 11.1. The molecule has 0 saturated heterocycles. The monoisotopic (exact) mass is 431 g/mol. The van der Waals surface area contributed by atoms with Crippen LogP contribution in [0.25, 0.3) is 11.5 Å². The maximum atomic E-state index is 12.2. The van der Waals surface area contributed by atoms with Gasteiger partial charge in [-0.2, -0.15) is 0 Å². The third-order valence-electron chi connectivity index (χ3n) is 4.18. The van der Waals surface area contributed by atoms with Crippen molar-refractivity contribution in [2.75, 3.05) is 25.3 Å². The summed E-state index contributed by atoms with van der Waals surface area (Å²) in [5.41, 5.74) is 1.20. The Morgan fingerprint density at radius 2 is 1.83 bits per heavy atom. The number of aromatic nitrogens is 2. The molecule has 0 fully saturated rings. The molecule has 3 aromatic rings. The van der Waals surface area contributed by atoms with Gasteiger partial charge in [0.1, 0.15) is 11.5 Å². The summed E-state index contributed by atoms with van der Waals surface area (Å²) in [5, 5.41) is 10.1. The molecule has 0 aliphatic carbocycles. The predicted octanol–water partition coefficient (Wildman–Crippen LogP) is 2.70. The van der Waals surface area contributed by atoms with Gasteiger partial charge in [0.05, 0.1) is 31.3 Å². The first kappa shape index (κ1) is 21.3. The Labute approximate surface area is 174 Å². The van der Waals surface area contributed by atoms with Crippen molar-refractivity contribution in [3.05, 3.63) is 54.1 Å². The Morgan fingerprint density at radius 3 is 2.53 bits per heavy atom. The Hall–Kier alpha value is -3.40. The van der Waals surface area contributed by atoms with Gasteiger partial charge in [0, 0.05) is 12.5 Å². The van der Waals surface area contributed by atoms with E-state index in [-0.39, 0.29) is 29.8 Å². The zero-order valence-corrected chi connectivity index (χ0v) is 17.3. The molecular weight excluding hydrogens is 410 g/mol. The highest BCUT2D eigenvalue weighted by molar-refractivity contribution is 7.90. The minimum atomic E-state index is -3.43. The molecule has 30 heavy (non-hydrogen) atoms. The molecule has 0 aliphatic heterocycles. The third kappa shape index (κ3) is 5.57. The lowest BCUT2D eigenvalue weighted by Gasteiger charge is -2.07. The van der Waals surface area contributed by atoms with Crippen LogP contribution in [0.3, 0.4) is 0 Å². The van der Waals surface area contributed by atoms with Gasteiger partial charge in [-0.05, 0) is 17.7 Å². The van der Waals surface area contributed by atoms with Crippen LogP contribution in [0.2, 0.25) is 0 Å². The first-order valence-electron chi connectivity index (χ1n) is 9.00. The number of anilines is 1. The van der Waals surface area contributed by atoms with Gasteiger partial charge in [0.2, 0.25) is 5.91 Å². The van der Waals surface area contributed by atoms with Crippen LogP contribution >= 0.6 is 0 Å². The van der Waals surface area contributed by atoms with Crippen molar-refractivity contribution in [1.82, 2.24) is 10.2 Å². The molecule has 158 valence electrons. The van der Waals surface area contributed by atoms with Crippen LogP contribution < -0.4 is 14.8 Å². The second-order valence-electron chi connectivity index (χ2n) is 6.35. The third-order valence-corrected chi connectivity index (χ3v) is 5.78. The van der Waals surface area contributed by atoms with Crippen molar-refractivity contribution < 1.29 is 27.1 Å². The number of rotatable bonds is 9. The lowest BCUT2D eigenvalue weighted by molar-refractivity contribution is -0.115. The molecule has 1 heterocycles. The van der Waals surface area contributed by atoms with Crippen LogP contribution in [0.1, 0.15) is 12.0 Å². The van der Waals surface area contributed by atoms with E-state index in [0.717, 1.165) is 0 Å². The summed E-state index contributed by atoms with van der Waals surface area (Å²) in [6, 6.07) is 13.7. The van der Waals surface area contributed by atoms with E-state index in [4.69, 9.17) is 13.9 Å². The molecule has 10 heteroatoms. The van der Waals surface area contributed by atoms with Crippen LogP contribution in [0.5, 0.6) is 11.5 Å². The van der Waals surface area contributed by atoms with Crippen LogP contribution in [-0.2, 0) is 20.4 Å². The van der Waals surface area contributed by atoms with Crippen molar-refractivity contribution in [1.29, 1.82) is 0 Å². The molecule has 0 aliphatic rings. The van der Waals surface area contributed by atoms with E-state index < -0.39 is 15.7 Å². The minimum absolute atomic E-state index is 0.122. The largest absolute Gasteiger partial charge is 0.497 e. The van der Waals surface area contributed by atoms with E-state index >= 15 is 0 Å². The molecule has 1 N–H and O–H groups in total. The summed E-state index contributed by atoms with van der Waals surface area (Å²) in [6.07, 6.45) is -0.223. The lowest BCUT2D eigenvalue weighted by atomic mass is 10.2. The molecule has 0 saturated carbocycles. The molecule has 3 rings (SSSR count). The zero-order valence-electron chi connectivity index (χ0n) is 16.5. The van der Waals surface area contributed by atoms with Gasteiger partial charge in [0.25, 0.3) is 5.89 Å². The van der Waals surface area contributed by atoms with Crippen molar-refractivity contribution in [2.24, 2.45) is 0 Å². The first-order valence-corrected chi connectivity index (χ1v) is 10.8. The standard InChI is InChI=1S/C20H21N3O6S/c1-27-15-8-9-16(17(12-15)28-2)19-22-23-20(29-19)21-18(24)10-11-30(25,26)13-14-6-4-3-5-7-14/h3-9,12H,10-11,13H2,1-2H3,(H,21,23,24). The molecule has 0 unspecified atom stereocenters. The summed E-state index contributed by atoms with van der Waals surface area (Å²) < 4.78 is 40.3. The summed E-state index contributed by atoms with van der Waals surface area (Å²) in [4.78, 5) is 12.1. The quantitative estimate of drug-likeness (QED) is 0.549. The van der Waals surface area contributed by atoms with Crippen molar-refractivity contribution in [3.8, 4) is 23.0 Å². The summed E-state index contributed by atoms with van der Waals surface area (Å²) in [7, 11) is -0.401. The fraction of sp³-hybridized carbons (Fsp3) is 0.250. The Morgan fingerprint density at radius 1 is 1.07 bits per heavy atom. The van der Waals surface area contributed by atoms with E-state index in [1.807, 2.05) is 6.07 Å². The van der Waals surface area contributed by atoms with Gasteiger partial charge < -0.3 is 13.9 Å². The van der Waals surface area contributed by atoms with E-state index in [9.17, 15) is 13.2 Å². The second-order valence-corrected chi connectivity index (χ2v) is 8.54. The molecule has 1 amide bonds. The fourth-order valence-corrected chi connectivity index (χ4v) is 4.03. The number of amides is 1. The number of nitrogens with zero attached hydrogens (tertiary/aromatic N) is 2. The smallest absolute Gasteiger partial charge is 0.322 e. The second kappa shape index (κ2) is 9.40. The van der Waals surface area contributed by atoms with E-state index in [2.05, 4.69) is 15.5 Å². The number of methoxy groups -OCH3 is 2. The molecular formula is C20H21N3O6S. The van der Waals surface area contributed by atoms with Crippen LogP contribution in [-0.4, -0.2) is 44.5 Å². The maximum Gasteiger partial charge on any atom is 0.322 e. The van der Waals surface area contributed by atoms with E-state index in [1.54, 1.807) is 42.5 Å². The van der Waals surface area contributed by atoms with Crippen LogP contribution in [0.4, 0.5) is 6.01 Å². The van der Waals surface area contributed by atoms with Gasteiger partial charge >= 0.3 is 6.01 Å². The summed E-state index contributed by atoms with van der Waals surface area (Å²) in [6.45, 7) is 0. The SMILES string of the molecule is COc1ccc(-c2nnc(NC(=O)CCS(=O)(=O)Cc3ccccc3)o2)c(OC)c1. The predicted molar refractivity (Wildman–Crippen MR) is 110 cm³/mol. The van der Waals surface area contributed by atoms with Gasteiger partial charge in [-0.25, -0.2) is 8.42 Å². The number of carbonyl (C=O) groups is 1. The highest BCUT2D eigenvalue weighted by atomic mass is 32.2. The van der Waals surface area contributed by atoms with Gasteiger partial charge in [-0.1, -0.05) is 35.4 Å². The van der Waals surface area contributed by atoms with E-state index in [0.29, 0.717) is 22.6 Å². The van der Waals surface area contributed by atoms with Crippen molar-refractivity contribution in [2.45, 2.75) is 12.2 Å². The molecule has 0 bridgehead atoms. The minimum Gasteiger partial charge on any atom is -0.497 e. The molecule has 0 radical (unpaired) electrons. The highest BCUT2D eigenvalue weighted by Crippen LogP contribution is 2.33. The van der Waals surface area contributed by atoms with Crippen LogP contribution in [0.15, 0.2) is 52.9 Å². The average molecular weight is 431 g/mol. The Kier molecular flexibility index (Phi) is 6.68. The molecule has 0 atom stereocenters. The number of hydrogen-bond donors (Lipinski definition) is 1. The van der Waals surface area contributed by atoms with Gasteiger partial charge in [-0.15, -0.1) is 5.10 Å². The average Bonchev–Trinajstić information content (AvgIpc) is 3.20. The Balaban J connectivity index is 1.60. The number of hydrogen-bond acceptors (Lipinski definition) is 8. The lowest BCUT2D eigenvalue weighted by Crippen LogP contribution is -2.18. The molecule has 2 aromatic carbocycles. The maximum absolute atomic E-state index is 12.2. The van der Waals surface area contributed by atoms with Gasteiger partial charge in [0.15, 0.2) is 9.84 Å². The van der Waals surface area contributed by atoms with Crippen LogP contribution in [0, 0.1) is 0 Å². The molecule has 0 spiro atoms. The number of sulfone groups is 1. The number of ether oxygens (including phenoxy) is 2. The van der Waals surface area contributed by atoms with E-state index in [1.165, 1.54) is 14.2 Å². The number of nitrogens with one attached hydrogen (secondary N) is 1. The topological polar surface area (TPSA) is 121 Å². The van der Waals surface area contributed by atoms with Crippen molar-refractivity contribution >= 4 is 21.8 Å². The number of benzene rings is 2. The fourth-order valence-electron chi connectivity index (χ4n) is 2.69. The summed E-state index contributed by atoms with van der Waals surface area (Å²) >= 11 is 0. The van der Waals surface area contributed by atoms with Gasteiger partial charge in [-0.3, -0.25) is 10.1 Å². The number of carbonyl (C=O) groups excluding carboxylic acids is 1. The molecule has 1 aromatic heterocycles. The zero-order chi connectivity index (χ0) is 21.6. The summed E-state index contributed by atoms with van der Waals surface area (Å²) in [5.74, 6) is 0.248. The highest BCUT2D eigenvalue weighted by Gasteiger charge is 2.18.